The van der Waals surface area contributed by atoms with Crippen LogP contribution >= 0.6 is 0 Å². The molecule has 1 atom stereocenters. The van der Waals surface area contributed by atoms with E-state index < -0.39 is 6.10 Å². The lowest BCUT2D eigenvalue weighted by atomic mass is 10.1. The summed E-state index contributed by atoms with van der Waals surface area (Å²) in [6, 6.07) is 17.5. The third kappa shape index (κ3) is 6.09. The zero-order valence-corrected chi connectivity index (χ0v) is 19.1. The minimum atomic E-state index is -0.408. The van der Waals surface area contributed by atoms with E-state index in [1.54, 1.807) is 7.11 Å². The SMILES string of the molecule is COc1ccc(Oc2c(CN(CC(C)C)C[C@@H](C)O)c(C)nn2-c2ccccc2)cc1. The van der Waals surface area contributed by atoms with Crippen LogP contribution in [0.3, 0.4) is 0 Å². The van der Waals surface area contributed by atoms with Gasteiger partial charge in [0.2, 0.25) is 5.88 Å². The zero-order chi connectivity index (χ0) is 22.4. The average Bonchev–Trinajstić information content (AvgIpc) is 3.03. The first-order chi connectivity index (χ1) is 14.9. The van der Waals surface area contributed by atoms with Crippen molar-refractivity contribution >= 4 is 0 Å². The molecule has 1 heterocycles. The van der Waals surface area contributed by atoms with Crippen LogP contribution in [-0.4, -0.2) is 46.1 Å². The van der Waals surface area contributed by atoms with Crippen molar-refractivity contribution in [3.8, 4) is 23.1 Å². The maximum atomic E-state index is 10.0. The van der Waals surface area contributed by atoms with Crippen LogP contribution in [0.5, 0.6) is 17.4 Å². The minimum Gasteiger partial charge on any atom is -0.497 e. The molecule has 0 bridgehead atoms. The van der Waals surface area contributed by atoms with Crippen molar-refractivity contribution < 1.29 is 14.6 Å². The molecular formula is C25H33N3O3. The molecule has 1 aromatic heterocycles. The van der Waals surface area contributed by atoms with Crippen LogP contribution < -0.4 is 9.47 Å². The van der Waals surface area contributed by atoms with E-state index in [0.29, 0.717) is 30.6 Å². The smallest absolute Gasteiger partial charge is 0.227 e. The Morgan fingerprint density at radius 3 is 2.19 bits per heavy atom. The van der Waals surface area contributed by atoms with E-state index >= 15 is 0 Å². The minimum absolute atomic E-state index is 0.408. The van der Waals surface area contributed by atoms with E-state index in [2.05, 4.69) is 18.7 Å². The van der Waals surface area contributed by atoms with Crippen molar-refractivity contribution in [2.45, 2.75) is 40.3 Å². The number of para-hydroxylation sites is 1. The highest BCUT2D eigenvalue weighted by molar-refractivity contribution is 5.44. The number of aliphatic hydroxyl groups excluding tert-OH is 1. The van der Waals surface area contributed by atoms with Gasteiger partial charge in [-0.1, -0.05) is 32.0 Å². The monoisotopic (exact) mass is 423 g/mol. The Labute approximate surface area is 185 Å². The molecule has 166 valence electrons. The summed E-state index contributed by atoms with van der Waals surface area (Å²) in [4.78, 5) is 2.26. The molecule has 0 fully saturated rings. The normalized spacial score (nSPS) is 12.4. The van der Waals surface area contributed by atoms with Gasteiger partial charge in [-0.3, -0.25) is 4.90 Å². The highest BCUT2D eigenvalue weighted by Gasteiger charge is 2.22. The molecule has 1 N–H and O–H groups in total. The van der Waals surface area contributed by atoms with Crippen LogP contribution in [0.2, 0.25) is 0 Å². The Morgan fingerprint density at radius 1 is 0.968 bits per heavy atom. The van der Waals surface area contributed by atoms with Crippen molar-refractivity contribution in [2.24, 2.45) is 5.92 Å². The predicted octanol–water partition coefficient (Wildman–Crippen LogP) is 4.82. The second-order valence-electron chi connectivity index (χ2n) is 8.33. The highest BCUT2D eigenvalue weighted by atomic mass is 16.5. The molecule has 6 heteroatoms. The number of benzene rings is 2. The van der Waals surface area contributed by atoms with Gasteiger partial charge in [0.05, 0.1) is 30.2 Å². The first-order valence-electron chi connectivity index (χ1n) is 10.7. The van der Waals surface area contributed by atoms with Crippen molar-refractivity contribution in [3.05, 3.63) is 65.9 Å². The van der Waals surface area contributed by atoms with Gasteiger partial charge in [-0.2, -0.15) is 5.10 Å². The summed E-state index contributed by atoms with van der Waals surface area (Å²) >= 11 is 0. The van der Waals surface area contributed by atoms with Crippen LogP contribution in [0.15, 0.2) is 54.6 Å². The Hall–Kier alpha value is -2.83. The summed E-state index contributed by atoms with van der Waals surface area (Å²) in [6.45, 7) is 10.3. The van der Waals surface area contributed by atoms with Crippen molar-refractivity contribution in [2.75, 3.05) is 20.2 Å². The molecule has 0 saturated heterocycles. The summed E-state index contributed by atoms with van der Waals surface area (Å²) in [7, 11) is 1.65. The van der Waals surface area contributed by atoms with Crippen molar-refractivity contribution in [1.29, 1.82) is 0 Å². The molecule has 0 aliphatic rings. The van der Waals surface area contributed by atoms with Gasteiger partial charge >= 0.3 is 0 Å². The van der Waals surface area contributed by atoms with Gasteiger partial charge in [-0.05, 0) is 56.2 Å². The maximum Gasteiger partial charge on any atom is 0.227 e. The maximum absolute atomic E-state index is 10.0. The summed E-state index contributed by atoms with van der Waals surface area (Å²) in [6.07, 6.45) is -0.408. The van der Waals surface area contributed by atoms with Gasteiger partial charge < -0.3 is 14.6 Å². The largest absolute Gasteiger partial charge is 0.497 e. The van der Waals surface area contributed by atoms with E-state index in [0.717, 1.165) is 29.2 Å². The van der Waals surface area contributed by atoms with E-state index in [1.165, 1.54) is 0 Å². The lowest BCUT2D eigenvalue weighted by molar-refractivity contribution is 0.114. The number of aromatic nitrogens is 2. The molecule has 0 saturated carbocycles. The molecule has 0 aliphatic heterocycles. The molecule has 0 spiro atoms. The topological polar surface area (TPSA) is 59.8 Å². The fourth-order valence-electron chi connectivity index (χ4n) is 3.64. The molecular weight excluding hydrogens is 390 g/mol. The summed E-state index contributed by atoms with van der Waals surface area (Å²) < 4.78 is 13.5. The number of methoxy groups -OCH3 is 1. The third-order valence-electron chi connectivity index (χ3n) is 4.94. The second-order valence-corrected chi connectivity index (χ2v) is 8.33. The second kappa shape index (κ2) is 10.5. The molecule has 3 rings (SSSR count). The van der Waals surface area contributed by atoms with Gasteiger partial charge in [0.1, 0.15) is 11.5 Å². The standard InChI is InChI=1S/C25H33N3O3/c1-18(2)15-27(16-19(3)29)17-24-20(4)26-28(21-9-7-6-8-10-21)25(24)31-23-13-11-22(30-5)12-14-23/h6-14,18-19,29H,15-17H2,1-5H3/t19-/m1/s1. The summed E-state index contributed by atoms with van der Waals surface area (Å²) in [5.74, 6) is 2.66. The summed E-state index contributed by atoms with van der Waals surface area (Å²) in [5.41, 5.74) is 2.86. The lowest BCUT2D eigenvalue weighted by Gasteiger charge is -2.26. The molecule has 6 nitrogen and oxygen atoms in total. The quantitative estimate of drug-likeness (QED) is 0.507. The Morgan fingerprint density at radius 2 is 1.61 bits per heavy atom. The number of hydrogen-bond donors (Lipinski definition) is 1. The van der Waals surface area contributed by atoms with Crippen LogP contribution in [0.1, 0.15) is 32.0 Å². The number of nitrogens with zero attached hydrogens (tertiary/aromatic N) is 3. The van der Waals surface area contributed by atoms with Crippen LogP contribution in [0, 0.1) is 12.8 Å². The van der Waals surface area contributed by atoms with Gasteiger partial charge in [0, 0.05) is 19.6 Å². The molecule has 0 aliphatic carbocycles. The van der Waals surface area contributed by atoms with E-state index in [9.17, 15) is 5.11 Å². The van der Waals surface area contributed by atoms with Crippen molar-refractivity contribution in [1.82, 2.24) is 14.7 Å². The van der Waals surface area contributed by atoms with Crippen LogP contribution in [-0.2, 0) is 6.54 Å². The average molecular weight is 424 g/mol. The number of rotatable bonds is 10. The first-order valence-corrected chi connectivity index (χ1v) is 10.7. The fraction of sp³-hybridized carbons (Fsp3) is 0.400. The first kappa shape index (κ1) is 22.8. The fourth-order valence-corrected chi connectivity index (χ4v) is 3.64. The predicted molar refractivity (Wildman–Crippen MR) is 123 cm³/mol. The van der Waals surface area contributed by atoms with Gasteiger partial charge in [0.25, 0.3) is 0 Å². The molecule has 2 aromatic carbocycles. The Bertz CT molecular complexity index is 940. The van der Waals surface area contributed by atoms with E-state index in [-0.39, 0.29) is 0 Å². The third-order valence-corrected chi connectivity index (χ3v) is 4.94. The number of hydrogen-bond acceptors (Lipinski definition) is 5. The van der Waals surface area contributed by atoms with E-state index in [4.69, 9.17) is 14.6 Å². The number of aryl methyl sites for hydroxylation is 1. The zero-order valence-electron chi connectivity index (χ0n) is 19.1. The van der Waals surface area contributed by atoms with Gasteiger partial charge in [-0.15, -0.1) is 0 Å². The Balaban J connectivity index is 2.01. The lowest BCUT2D eigenvalue weighted by Crippen LogP contribution is -2.33. The molecule has 0 unspecified atom stereocenters. The number of ether oxygens (including phenoxy) is 2. The van der Waals surface area contributed by atoms with E-state index in [1.807, 2.05) is 73.1 Å². The van der Waals surface area contributed by atoms with Crippen molar-refractivity contribution in [3.63, 3.8) is 0 Å². The van der Waals surface area contributed by atoms with Gasteiger partial charge in [0.15, 0.2) is 0 Å². The van der Waals surface area contributed by atoms with Crippen LogP contribution in [0.25, 0.3) is 5.69 Å². The van der Waals surface area contributed by atoms with Gasteiger partial charge in [-0.25, -0.2) is 4.68 Å². The molecule has 31 heavy (non-hydrogen) atoms. The molecule has 0 radical (unpaired) electrons. The van der Waals surface area contributed by atoms with Crippen LogP contribution in [0.4, 0.5) is 0 Å². The Kier molecular flexibility index (Phi) is 7.71. The summed E-state index contributed by atoms with van der Waals surface area (Å²) in [5, 5.41) is 14.8. The number of aliphatic hydroxyl groups is 1. The molecule has 3 aromatic rings. The molecule has 0 amide bonds. The highest BCUT2D eigenvalue weighted by Crippen LogP contribution is 2.32.